The molecule has 0 fully saturated rings. The average Bonchev–Trinajstić information content (AvgIpc) is 3.14. The minimum absolute atomic E-state index is 0.110. The molecule has 0 saturated carbocycles. The predicted octanol–water partition coefficient (Wildman–Crippen LogP) is 5.31. The van der Waals surface area contributed by atoms with Crippen LogP contribution in [-0.4, -0.2) is 15.6 Å². The number of allylic oxidation sites excluding steroid dienone is 1. The van der Waals surface area contributed by atoms with E-state index in [9.17, 15) is 25.0 Å². The van der Waals surface area contributed by atoms with Gasteiger partial charge in [0.05, 0.1) is 15.4 Å². The zero-order chi connectivity index (χ0) is 20.3. The third kappa shape index (κ3) is 4.13. The standard InChI is InChI=1S/C19H11ClN2O6/c20-13-3-8-16(17(11-13)22(26)27)19-10-7-15(28-19)6-9-18(23)12-1-4-14(5-2-12)21(24)25/h1-11H/b9-6+. The molecule has 0 saturated heterocycles. The van der Waals surface area contributed by atoms with E-state index >= 15 is 0 Å². The number of carbonyl (C=O) groups is 1. The van der Waals surface area contributed by atoms with Crippen LogP contribution in [0, 0.1) is 20.2 Å². The SMILES string of the molecule is O=C(/C=C/c1ccc(-c2ccc(Cl)cc2[N+](=O)[O-])o1)c1ccc([N+](=O)[O-])cc1. The van der Waals surface area contributed by atoms with Gasteiger partial charge in [-0.3, -0.25) is 25.0 Å². The lowest BCUT2D eigenvalue weighted by Crippen LogP contribution is -1.95. The van der Waals surface area contributed by atoms with E-state index in [0.29, 0.717) is 5.76 Å². The van der Waals surface area contributed by atoms with E-state index in [0.717, 1.165) is 0 Å². The van der Waals surface area contributed by atoms with Crippen LogP contribution in [-0.2, 0) is 0 Å². The zero-order valence-corrected chi connectivity index (χ0v) is 14.8. The summed E-state index contributed by atoms with van der Waals surface area (Å²) < 4.78 is 5.56. The molecule has 8 nitrogen and oxygen atoms in total. The highest BCUT2D eigenvalue weighted by molar-refractivity contribution is 6.30. The molecule has 1 aromatic heterocycles. The van der Waals surface area contributed by atoms with Gasteiger partial charge in [-0.1, -0.05) is 11.6 Å². The summed E-state index contributed by atoms with van der Waals surface area (Å²) in [5, 5.41) is 22.1. The van der Waals surface area contributed by atoms with Crippen molar-refractivity contribution in [2.24, 2.45) is 0 Å². The number of nitrogens with zero attached hydrogens (tertiary/aromatic N) is 2. The number of non-ortho nitro benzene ring substituents is 1. The molecule has 2 aromatic carbocycles. The monoisotopic (exact) mass is 398 g/mol. The first kappa shape index (κ1) is 19.0. The molecule has 140 valence electrons. The van der Waals surface area contributed by atoms with Gasteiger partial charge in [-0.2, -0.15) is 0 Å². The molecule has 0 spiro atoms. The Morgan fingerprint density at radius 3 is 2.32 bits per heavy atom. The Bertz CT molecular complexity index is 1100. The van der Waals surface area contributed by atoms with Crippen LogP contribution in [0.3, 0.4) is 0 Å². The van der Waals surface area contributed by atoms with Crippen molar-refractivity contribution in [2.75, 3.05) is 0 Å². The normalized spacial score (nSPS) is 10.9. The molecule has 0 unspecified atom stereocenters. The molecular formula is C19H11ClN2O6. The van der Waals surface area contributed by atoms with Gasteiger partial charge in [-0.25, -0.2) is 0 Å². The maximum absolute atomic E-state index is 12.2. The summed E-state index contributed by atoms with van der Waals surface area (Å²) in [5.74, 6) is 0.200. The molecule has 9 heteroatoms. The third-order valence-corrected chi connectivity index (χ3v) is 4.05. The van der Waals surface area contributed by atoms with Gasteiger partial charge < -0.3 is 4.42 Å². The zero-order valence-electron chi connectivity index (χ0n) is 14.1. The quantitative estimate of drug-likeness (QED) is 0.240. The smallest absolute Gasteiger partial charge is 0.281 e. The molecule has 28 heavy (non-hydrogen) atoms. The molecule has 0 N–H and O–H groups in total. The van der Waals surface area contributed by atoms with Crippen LogP contribution in [0.2, 0.25) is 5.02 Å². The molecule has 3 aromatic rings. The van der Waals surface area contributed by atoms with Crippen molar-refractivity contribution in [3.05, 3.63) is 97.2 Å². The lowest BCUT2D eigenvalue weighted by Gasteiger charge is -2.00. The van der Waals surface area contributed by atoms with Crippen LogP contribution in [0.15, 0.2) is 65.1 Å². The van der Waals surface area contributed by atoms with Gasteiger partial charge in [0.25, 0.3) is 11.4 Å². The first-order chi connectivity index (χ1) is 13.3. The molecular weight excluding hydrogens is 388 g/mol. The minimum Gasteiger partial charge on any atom is -0.456 e. The summed E-state index contributed by atoms with van der Waals surface area (Å²) >= 11 is 5.80. The van der Waals surface area contributed by atoms with E-state index in [-0.39, 0.29) is 39.1 Å². The molecule has 0 atom stereocenters. The lowest BCUT2D eigenvalue weighted by atomic mass is 10.1. The Balaban J connectivity index is 1.80. The molecule has 1 heterocycles. The van der Waals surface area contributed by atoms with E-state index < -0.39 is 9.85 Å². The Kier molecular flexibility index (Phi) is 5.32. The first-order valence-corrected chi connectivity index (χ1v) is 8.24. The van der Waals surface area contributed by atoms with E-state index in [1.807, 2.05) is 0 Å². The maximum atomic E-state index is 12.2. The second-order valence-corrected chi connectivity index (χ2v) is 6.06. The summed E-state index contributed by atoms with van der Waals surface area (Å²) in [4.78, 5) is 32.9. The van der Waals surface area contributed by atoms with E-state index in [1.165, 1.54) is 54.6 Å². The largest absolute Gasteiger partial charge is 0.456 e. The number of benzene rings is 2. The van der Waals surface area contributed by atoms with Crippen molar-refractivity contribution in [1.82, 2.24) is 0 Å². The summed E-state index contributed by atoms with van der Waals surface area (Å²) in [6.07, 6.45) is 2.66. The first-order valence-electron chi connectivity index (χ1n) is 7.86. The van der Waals surface area contributed by atoms with Crippen LogP contribution in [0.1, 0.15) is 16.1 Å². The van der Waals surface area contributed by atoms with E-state index in [1.54, 1.807) is 12.1 Å². The Morgan fingerprint density at radius 1 is 0.964 bits per heavy atom. The Labute approximate surface area is 163 Å². The fourth-order valence-electron chi connectivity index (χ4n) is 2.45. The van der Waals surface area contributed by atoms with Crippen LogP contribution >= 0.6 is 11.6 Å². The fraction of sp³-hybridized carbons (Fsp3) is 0. The molecule has 0 aliphatic heterocycles. The number of rotatable bonds is 6. The number of hydrogen-bond donors (Lipinski definition) is 0. The summed E-state index contributed by atoms with van der Waals surface area (Å²) in [6, 6.07) is 12.5. The third-order valence-electron chi connectivity index (χ3n) is 3.81. The van der Waals surface area contributed by atoms with Gasteiger partial charge in [0.2, 0.25) is 0 Å². The topological polar surface area (TPSA) is 116 Å². The number of nitro groups is 2. The highest BCUT2D eigenvalue weighted by atomic mass is 35.5. The van der Waals surface area contributed by atoms with Gasteiger partial charge in [-0.15, -0.1) is 0 Å². The summed E-state index contributed by atoms with van der Waals surface area (Å²) in [7, 11) is 0. The molecule has 0 bridgehead atoms. The molecule has 0 radical (unpaired) electrons. The second kappa shape index (κ2) is 7.85. The van der Waals surface area contributed by atoms with Crippen molar-refractivity contribution in [1.29, 1.82) is 0 Å². The Hall–Kier alpha value is -3.78. The Morgan fingerprint density at radius 2 is 1.68 bits per heavy atom. The van der Waals surface area contributed by atoms with Crippen molar-refractivity contribution in [3.63, 3.8) is 0 Å². The van der Waals surface area contributed by atoms with Crippen molar-refractivity contribution >= 4 is 34.8 Å². The predicted molar refractivity (Wildman–Crippen MR) is 102 cm³/mol. The second-order valence-electron chi connectivity index (χ2n) is 5.62. The van der Waals surface area contributed by atoms with Crippen molar-refractivity contribution in [2.45, 2.75) is 0 Å². The van der Waals surface area contributed by atoms with E-state index in [4.69, 9.17) is 16.0 Å². The van der Waals surface area contributed by atoms with Crippen molar-refractivity contribution < 1.29 is 19.1 Å². The molecule has 0 amide bonds. The van der Waals surface area contributed by atoms with Gasteiger partial charge in [0.15, 0.2) is 5.78 Å². The van der Waals surface area contributed by atoms with Crippen LogP contribution in [0.25, 0.3) is 17.4 Å². The number of carbonyl (C=O) groups excluding carboxylic acids is 1. The average molecular weight is 399 g/mol. The molecule has 0 aliphatic carbocycles. The summed E-state index contributed by atoms with van der Waals surface area (Å²) in [6.45, 7) is 0. The fourth-order valence-corrected chi connectivity index (χ4v) is 2.62. The molecule has 0 aliphatic rings. The van der Waals surface area contributed by atoms with Crippen LogP contribution in [0.5, 0.6) is 0 Å². The van der Waals surface area contributed by atoms with Gasteiger partial charge >= 0.3 is 0 Å². The summed E-state index contributed by atoms with van der Waals surface area (Å²) in [5.41, 5.74) is 0.234. The van der Waals surface area contributed by atoms with Crippen molar-refractivity contribution in [3.8, 4) is 11.3 Å². The number of halogens is 1. The highest BCUT2D eigenvalue weighted by Gasteiger charge is 2.18. The van der Waals surface area contributed by atoms with Crippen LogP contribution in [0.4, 0.5) is 11.4 Å². The number of nitro benzene ring substituents is 2. The van der Waals surface area contributed by atoms with Crippen LogP contribution < -0.4 is 0 Å². The van der Waals surface area contributed by atoms with Gasteiger partial charge in [0, 0.05) is 28.8 Å². The minimum atomic E-state index is -0.558. The van der Waals surface area contributed by atoms with E-state index in [2.05, 4.69) is 0 Å². The highest BCUT2D eigenvalue weighted by Crippen LogP contribution is 2.33. The van der Waals surface area contributed by atoms with Gasteiger partial charge in [0.1, 0.15) is 11.5 Å². The maximum Gasteiger partial charge on any atom is 0.281 e. The van der Waals surface area contributed by atoms with Gasteiger partial charge in [-0.05, 0) is 48.6 Å². The number of ketones is 1. The lowest BCUT2D eigenvalue weighted by molar-refractivity contribution is -0.384. The number of furan rings is 1. The number of hydrogen-bond acceptors (Lipinski definition) is 6. The molecule has 3 rings (SSSR count).